The summed E-state index contributed by atoms with van der Waals surface area (Å²) in [6.45, 7) is 9.41. The van der Waals surface area contributed by atoms with Gasteiger partial charge in [-0.05, 0) is 48.8 Å². The van der Waals surface area contributed by atoms with Crippen LogP contribution in [0.4, 0.5) is 0 Å². The minimum Gasteiger partial charge on any atom is -0.0622 e. The average molecular weight is 672 g/mol. The van der Waals surface area contributed by atoms with Gasteiger partial charge in [0.25, 0.3) is 0 Å². The number of esters is 2. The molecule has 0 amide bonds. The fraction of sp³-hybridized carbons (Fsp3) is 0.257. The summed E-state index contributed by atoms with van der Waals surface area (Å²) >= 11 is 0. The smallest absolute Gasteiger partial charge is 0 e. The van der Waals surface area contributed by atoms with Crippen LogP contribution in [0.3, 0.4) is 0 Å². The zero-order valence-corrected chi connectivity index (χ0v) is 27.7. The Kier molecular flexibility index (Phi) is 21.7. The Morgan fingerprint density at radius 2 is 1.16 bits per heavy atom. The van der Waals surface area contributed by atoms with Crippen LogP contribution in [0.2, 0.25) is 0 Å². The van der Waals surface area contributed by atoms with Crippen LogP contribution in [0.25, 0.3) is 0 Å². The molecule has 0 aromatic heterocycles. The summed E-state index contributed by atoms with van der Waals surface area (Å²) in [5.74, 6) is -1.57. The number of benzene rings is 3. The van der Waals surface area contributed by atoms with Crippen molar-refractivity contribution in [3.63, 3.8) is 0 Å². The van der Waals surface area contributed by atoms with Gasteiger partial charge in [0.2, 0.25) is 0 Å². The van der Waals surface area contributed by atoms with E-state index < -0.39 is 31.2 Å². The molecule has 45 heavy (non-hydrogen) atoms. The van der Waals surface area contributed by atoms with Crippen molar-refractivity contribution in [1.29, 1.82) is 0 Å². The number of hydrogen-bond donors (Lipinski definition) is 0. The predicted molar refractivity (Wildman–Crippen MR) is 168 cm³/mol. The van der Waals surface area contributed by atoms with Crippen LogP contribution in [-0.4, -0.2) is 47.0 Å². The number of methoxy groups -OCH3 is 4. The zero-order chi connectivity index (χ0) is 32.8. The second kappa shape index (κ2) is 23.6. The minimum absolute atomic E-state index is 0. The molecule has 1 aliphatic carbocycles. The van der Waals surface area contributed by atoms with Gasteiger partial charge in [0.05, 0.1) is 21.3 Å². The minimum atomic E-state index is -1.03. The molecule has 0 spiro atoms. The Morgan fingerprint density at radius 3 is 1.44 bits per heavy atom. The number of allylic oxidation sites excluding steroid dienone is 3. The summed E-state index contributed by atoms with van der Waals surface area (Å²) in [7, 11) is 5.20. The van der Waals surface area contributed by atoms with Crippen LogP contribution < -0.4 is 15.9 Å². The molecule has 0 heterocycles. The monoisotopic (exact) mass is 672 g/mol. The molecule has 3 aromatic carbocycles. The molecule has 0 saturated carbocycles. The summed E-state index contributed by atoms with van der Waals surface area (Å²) < 4.78 is 34.8. The van der Waals surface area contributed by atoms with Gasteiger partial charge in [-0.15, -0.1) is 0 Å². The normalized spacial score (nSPS) is 14.3. The molecule has 1 aliphatic rings. The van der Waals surface area contributed by atoms with Gasteiger partial charge in [-0.2, -0.15) is 0 Å². The topological polar surface area (TPSA) is 111 Å². The Balaban J connectivity index is 0.000000761. The fourth-order valence-corrected chi connectivity index (χ4v) is 6.95. The molecule has 0 N–H and O–H groups in total. The van der Waals surface area contributed by atoms with Gasteiger partial charge in [0.15, 0.2) is 5.92 Å². The Labute approximate surface area is 277 Å². The zero-order valence-electron chi connectivity index (χ0n) is 25.7. The van der Waals surface area contributed by atoms with E-state index in [1.165, 1.54) is 30.1 Å². The first kappa shape index (κ1) is 41.3. The summed E-state index contributed by atoms with van der Waals surface area (Å²) in [5.41, 5.74) is -0.738. The Hall–Kier alpha value is -3.73. The molecular weight excluding hydrogens is 635 g/mol. The van der Waals surface area contributed by atoms with Crippen molar-refractivity contribution < 1.29 is 54.9 Å². The number of carbonyl (C=O) groups is 2. The van der Waals surface area contributed by atoms with Gasteiger partial charge in [-0.25, -0.2) is 0 Å². The molecule has 0 bridgehead atoms. The largest absolute Gasteiger partial charge is 0.0622 e. The molecular formula is C35H37FeO8P. The van der Waals surface area contributed by atoms with E-state index in [4.69, 9.17) is 28.3 Å². The first-order valence-corrected chi connectivity index (χ1v) is 14.8. The summed E-state index contributed by atoms with van der Waals surface area (Å²) in [6, 6.07) is 32.3. The second-order valence-electron chi connectivity index (χ2n) is 9.15. The number of rotatable bonds is 10. The number of hydrogen-bond acceptors (Lipinski definition) is 6. The van der Waals surface area contributed by atoms with Crippen LogP contribution in [0, 0.1) is 24.6 Å². The molecule has 0 saturated heterocycles. The van der Waals surface area contributed by atoms with E-state index >= 15 is 0 Å². The van der Waals surface area contributed by atoms with Crippen molar-refractivity contribution in [1.82, 2.24) is 0 Å². The molecule has 238 valence electrons. The summed E-state index contributed by atoms with van der Waals surface area (Å²) in [5, 5.41) is 4.19. The maximum absolute atomic E-state index is 12.1. The summed E-state index contributed by atoms with van der Waals surface area (Å²) in [4.78, 5) is 24.2. The van der Waals surface area contributed by atoms with E-state index in [-0.39, 0.29) is 17.1 Å². The quantitative estimate of drug-likeness (QED) is 0.0763. The molecule has 0 fully saturated rings. The van der Waals surface area contributed by atoms with E-state index in [0.29, 0.717) is 25.2 Å². The van der Waals surface area contributed by atoms with E-state index in [1.54, 1.807) is 20.3 Å². The molecule has 3 aromatic rings. The first-order valence-electron chi connectivity index (χ1n) is 13.4. The van der Waals surface area contributed by atoms with Gasteiger partial charge in [0, 0.05) is 36.2 Å². The fourth-order valence-electron chi connectivity index (χ4n) is 4.64. The molecule has 0 radical (unpaired) electrons. The van der Waals surface area contributed by atoms with Gasteiger partial charge >= 0.3 is 34.5 Å². The van der Waals surface area contributed by atoms with Crippen molar-refractivity contribution in [2.24, 2.45) is 11.3 Å². The van der Waals surface area contributed by atoms with Crippen molar-refractivity contribution in [3.05, 3.63) is 128 Å². The van der Waals surface area contributed by atoms with Gasteiger partial charge < -0.3 is 18.9 Å². The van der Waals surface area contributed by atoms with Crippen molar-refractivity contribution in [2.75, 3.05) is 35.0 Å². The van der Waals surface area contributed by atoms with Gasteiger partial charge in [0.1, 0.15) is 5.76 Å². The van der Waals surface area contributed by atoms with E-state index in [2.05, 4.69) is 104 Å². The molecule has 8 nitrogen and oxygen atoms in total. The van der Waals surface area contributed by atoms with Crippen LogP contribution in [0.15, 0.2) is 115 Å². The van der Waals surface area contributed by atoms with E-state index in [0.717, 1.165) is 0 Å². The Morgan fingerprint density at radius 1 is 0.756 bits per heavy atom. The van der Waals surface area contributed by atoms with Gasteiger partial charge in [-0.1, -0.05) is 97.1 Å². The van der Waals surface area contributed by atoms with Crippen LogP contribution in [-0.2, 0) is 54.9 Å². The van der Waals surface area contributed by atoms with E-state index in [1.807, 2.05) is 12.2 Å². The maximum Gasteiger partial charge on any atom is 0 e. The van der Waals surface area contributed by atoms with Crippen molar-refractivity contribution in [2.45, 2.75) is 12.8 Å². The molecule has 10 heteroatoms. The Bertz CT molecular complexity index is 1240. The predicted octanol–water partition coefficient (Wildman–Crippen LogP) is 4.83. The van der Waals surface area contributed by atoms with E-state index in [9.17, 15) is 9.59 Å². The molecule has 4 rings (SSSR count). The first-order chi connectivity index (χ1) is 21.5. The second-order valence-corrected chi connectivity index (χ2v) is 11.4. The van der Waals surface area contributed by atoms with Gasteiger partial charge in [-0.3, -0.25) is 9.59 Å². The van der Waals surface area contributed by atoms with Crippen LogP contribution in [0.5, 0.6) is 0 Å². The van der Waals surface area contributed by atoms with Crippen LogP contribution in [0.1, 0.15) is 12.8 Å². The van der Waals surface area contributed by atoms with Crippen molar-refractivity contribution >= 4 is 35.8 Å². The standard InChI is InChI=1S/C18H15P.C15H22O6.2CO.Fe/c1-4-10-16(11-5-1)19(17-12-6-2-7-13-17)18-14-8-3-9-15-18;1-18-10-9-15(7-5-11(19-2)6-8-15)12(13(16)20-3)14(17)21-4;2*1-2;/h1-15H;5-7,12H,8-10H2,1-4H3;;;. The SMILES string of the molecule is COCCC1(C(C(=O)OC)C(=O)OC)C=CC(OC)=CC1.[C-]#[O+].[C-]#[O+].[Fe].c1ccc(P(c2ccccc2)c2ccccc2)cc1. The summed E-state index contributed by atoms with van der Waals surface area (Å²) in [6.07, 6.45) is 6.35. The number of carbonyl (C=O) groups excluding carboxylic acids is 2. The third kappa shape index (κ3) is 12.3. The third-order valence-electron chi connectivity index (χ3n) is 6.76. The maximum atomic E-state index is 12.1. The third-order valence-corrected chi connectivity index (χ3v) is 9.21. The van der Waals surface area contributed by atoms with Crippen molar-refractivity contribution in [3.8, 4) is 0 Å². The number of ether oxygens (including phenoxy) is 4. The van der Waals surface area contributed by atoms with Crippen LogP contribution >= 0.6 is 7.92 Å². The molecule has 1 atom stereocenters. The molecule has 1 unspecified atom stereocenters. The molecule has 0 aliphatic heterocycles. The average Bonchev–Trinajstić information content (AvgIpc) is 3.11.